The predicted octanol–water partition coefficient (Wildman–Crippen LogP) is 3.04. The lowest BCUT2D eigenvalue weighted by molar-refractivity contribution is -0.137. The van der Waals surface area contributed by atoms with Crippen molar-refractivity contribution in [1.29, 1.82) is 0 Å². The predicted molar refractivity (Wildman–Crippen MR) is 76.5 cm³/mol. The fourth-order valence-electron chi connectivity index (χ4n) is 2.41. The number of ether oxygens (including phenoxy) is 1. The first-order valence-corrected chi connectivity index (χ1v) is 7.26. The van der Waals surface area contributed by atoms with Crippen LogP contribution < -0.4 is 10.2 Å². The number of nitrogens with zero attached hydrogens (tertiary/aromatic N) is 1. The maximum atomic E-state index is 13.3. The number of anilines is 1. The zero-order valence-corrected chi connectivity index (χ0v) is 12.2. The quantitative estimate of drug-likeness (QED) is 0.846. The van der Waals surface area contributed by atoms with Crippen LogP contribution in [0.25, 0.3) is 0 Å². The number of hydrogen-bond acceptors (Lipinski definition) is 3. The van der Waals surface area contributed by atoms with E-state index in [0.717, 1.165) is 13.0 Å². The average Bonchev–Trinajstić information content (AvgIpc) is 2.47. The van der Waals surface area contributed by atoms with Crippen molar-refractivity contribution >= 4 is 5.69 Å². The topological polar surface area (TPSA) is 24.5 Å². The molecule has 0 spiro atoms. The van der Waals surface area contributed by atoms with Gasteiger partial charge in [0.15, 0.2) is 0 Å². The molecule has 6 heteroatoms. The van der Waals surface area contributed by atoms with Crippen LogP contribution in [-0.2, 0) is 17.5 Å². The molecular formula is C15H21F3N2O. The maximum Gasteiger partial charge on any atom is 0.418 e. The summed E-state index contributed by atoms with van der Waals surface area (Å²) in [6.45, 7) is 5.21. The first-order chi connectivity index (χ1) is 10.0. The highest BCUT2D eigenvalue weighted by Gasteiger charge is 2.35. The van der Waals surface area contributed by atoms with E-state index < -0.39 is 11.7 Å². The fraction of sp³-hybridized carbons (Fsp3) is 0.600. The summed E-state index contributed by atoms with van der Waals surface area (Å²) in [6.07, 6.45) is -3.38. The second-order valence-corrected chi connectivity index (χ2v) is 5.13. The second kappa shape index (κ2) is 7.13. The Morgan fingerprint density at radius 2 is 1.95 bits per heavy atom. The van der Waals surface area contributed by atoms with Gasteiger partial charge in [-0.25, -0.2) is 0 Å². The van der Waals surface area contributed by atoms with Crippen LogP contribution in [-0.4, -0.2) is 32.8 Å². The van der Waals surface area contributed by atoms with E-state index in [1.165, 1.54) is 6.07 Å². The standard InChI is InChI=1S/C15H21F3N2O/c1-2-5-19-11-12-3-4-14(13(10-12)15(16,17)18)20-6-8-21-9-7-20/h3-4,10,19H,2,5-9,11H2,1H3. The molecule has 21 heavy (non-hydrogen) atoms. The van der Waals surface area contributed by atoms with Gasteiger partial charge < -0.3 is 15.0 Å². The minimum atomic E-state index is -4.34. The van der Waals surface area contributed by atoms with Crippen LogP contribution in [0.2, 0.25) is 0 Å². The van der Waals surface area contributed by atoms with Crippen molar-refractivity contribution in [3.63, 3.8) is 0 Å². The number of nitrogens with one attached hydrogen (secondary N) is 1. The van der Waals surface area contributed by atoms with Crippen molar-refractivity contribution in [1.82, 2.24) is 5.32 Å². The molecule has 1 aliphatic rings. The molecule has 1 heterocycles. The largest absolute Gasteiger partial charge is 0.418 e. The van der Waals surface area contributed by atoms with Gasteiger partial charge in [-0.1, -0.05) is 13.0 Å². The normalized spacial score (nSPS) is 16.3. The van der Waals surface area contributed by atoms with E-state index in [2.05, 4.69) is 5.32 Å². The highest BCUT2D eigenvalue weighted by atomic mass is 19.4. The smallest absolute Gasteiger partial charge is 0.378 e. The van der Waals surface area contributed by atoms with E-state index in [1.54, 1.807) is 17.0 Å². The molecule has 1 aliphatic heterocycles. The Balaban J connectivity index is 2.23. The van der Waals surface area contributed by atoms with Crippen molar-refractivity contribution in [2.45, 2.75) is 26.1 Å². The van der Waals surface area contributed by atoms with Crippen LogP contribution in [0.1, 0.15) is 24.5 Å². The molecule has 0 amide bonds. The SMILES string of the molecule is CCCNCc1ccc(N2CCOCC2)c(C(F)(F)F)c1. The summed E-state index contributed by atoms with van der Waals surface area (Å²) < 4.78 is 45.1. The summed E-state index contributed by atoms with van der Waals surface area (Å²) >= 11 is 0. The second-order valence-electron chi connectivity index (χ2n) is 5.13. The van der Waals surface area contributed by atoms with E-state index >= 15 is 0 Å². The molecule has 3 nitrogen and oxygen atoms in total. The average molecular weight is 302 g/mol. The molecule has 118 valence electrons. The number of benzene rings is 1. The molecule has 1 fully saturated rings. The summed E-state index contributed by atoms with van der Waals surface area (Å²) in [7, 11) is 0. The van der Waals surface area contributed by atoms with Crippen LogP contribution in [0.3, 0.4) is 0 Å². The van der Waals surface area contributed by atoms with Gasteiger partial charge in [-0.3, -0.25) is 0 Å². The zero-order chi connectivity index (χ0) is 15.3. The number of alkyl halides is 3. The zero-order valence-electron chi connectivity index (χ0n) is 12.2. The number of morpholine rings is 1. The minimum Gasteiger partial charge on any atom is -0.378 e. The van der Waals surface area contributed by atoms with Gasteiger partial charge in [0.1, 0.15) is 0 Å². The van der Waals surface area contributed by atoms with Crippen molar-refractivity contribution < 1.29 is 17.9 Å². The van der Waals surface area contributed by atoms with Crippen molar-refractivity contribution in [2.75, 3.05) is 37.7 Å². The Bertz CT molecular complexity index is 457. The molecule has 1 saturated heterocycles. The Morgan fingerprint density at radius 1 is 1.24 bits per heavy atom. The lowest BCUT2D eigenvalue weighted by Crippen LogP contribution is -2.37. The Labute approximate surface area is 123 Å². The summed E-state index contributed by atoms with van der Waals surface area (Å²) in [4.78, 5) is 1.75. The van der Waals surface area contributed by atoms with Crippen LogP contribution in [0, 0.1) is 0 Å². The Hall–Kier alpha value is -1.27. The minimum absolute atomic E-state index is 0.255. The molecule has 1 N–H and O–H groups in total. The molecule has 0 bridgehead atoms. The molecule has 0 radical (unpaired) electrons. The molecule has 2 rings (SSSR count). The van der Waals surface area contributed by atoms with E-state index in [1.807, 2.05) is 6.92 Å². The third-order valence-electron chi connectivity index (χ3n) is 3.47. The molecule has 0 saturated carbocycles. The van der Waals surface area contributed by atoms with Gasteiger partial charge in [0.25, 0.3) is 0 Å². The molecular weight excluding hydrogens is 281 g/mol. The molecule has 0 atom stereocenters. The Kier molecular flexibility index (Phi) is 5.47. The third kappa shape index (κ3) is 4.35. The highest BCUT2D eigenvalue weighted by molar-refractivity contribution is 5.56. The van der Waals surface area contributed by atoms with E-state index in [9.17, 15) is 13.2 Å². The van der Waals surface area contributed by atoms with Gasteiger partial charge >= 0.3 is 6.18 Å². The van der Waals surface area contributed by atoms with Gasteiger partial charge in [-0.05, 0) is 30.7 Å². The van der Waals surface area contributed by atoms with Crippen LogP contribution in [0.15, 0.2) is 18.2 Å². The first-order valence-electron chi connectivity index (χ1n) is 7.26. The van der Waals surface area contributed by atoms with Crippen molar-refractivity contribution in [3.05, 3.63) is 29.3 Å². The van der Waals surface area contributed by atoms with Gasteiger partial charge in [-0.2, -0.15) is 13.2 Å². The summed E-state index contributed by atoms with van der Waals surface area (Å²) in [5.74, 6) is 0. The van der Waals surface area contributed by atoms with Crippen LogP contribution >= 0.6 is 0 Å². The highest BCUT2D eigenvalue weighted by Crippen LogP contribution is 2.37. The van der Waals surface area contributed by atoms with Crippen LogP contribution in [0.4, 0.5) is 18.9 Å². The van der Waals surface area contributed by atoms with E-state index in [0.29, 0.717) is 38.4 Å². The lowest BCUT2D eigenvalue weighted by Gasteiger charge is -2.31. The first kappa shape index (κ1) is 16.1. The number of hydrogen-bond donors (Lipinski definition) is 1. The molecule has 0 unspecified atom stereocenters. The lowest BCUT2D eigenvalue weighted by atomic mass is 10.1. The molecule has 0 aromatic heterocycles. The summed E-state index contributed by atoms with van der Waals surface area (Å²) in [5.41, 5.74) is 0.359. The fourth-order valence-corrected chi connectivity index (χ4v) is 2.41. The number of rotatable bonds is 5. The van der Waals surface area contributed by atoms with Gasteiger partial charge in [0.05, 0.1) is 18.8 Å². The summed E-state index contributed by atoms with van der Waals surface area (Å²) in [6, 6.07) is 4.60. The third-order valence-corrected chi connectivity index (χ3v) is 3.47. The van der Waals surface area contributed by atoms with Gasteiger partial charge in [0.2, 0.25) is 0 Å². The van der Waals surface area contributed by atoms with Crippen molar-refractivity contribution in [3.8, 4) is 0 Å². The van der Waals surface area contributed by atoms with Crippen molar-refractivity contribution in [2.24, 2.45) is 0 Å². The molecule has 0 aliphatic carbocycles. The van der Waals surface area contributed by atoms with E-state index in [4.69, 9.17) is 4.74 Å². The van der Waals surface area contributed by atoms with Gasteiger partial charge in [-0.15, -0.1) is 0 Å². The maximum absolute atomic E-state index is 13.3. The molecule has 1 aromatic carbocycles. The van der Waals surface area contributed by atoms with Crippen LogP contribution in [0.5, 0.6) is 0 Å². The Morgan fingerprint density at radius 3 is 2.57 bits per heavy atom. The van der Waals surface area contributed by atoms with Gasteiger partial charge in [0, 0.05) is 25.3 Å². The summed E-state index contributed by atoms with van der Waals surface area (Å²) in [5, 5.41) is 3.13. The molecule has 1 aromatic rings. The van der Waals surface area contributed by atoms with E-state index in [-0.39, 0.29) is 5.69 Å². The monoisotopic (exact) mass is 302 g/mol. The number of halogens is 3.